The van der Waals surface area contributed by atoms with Crippen LogP contribution in [-0.2, 0) is 28.6 Å². The summed E-state index contributed by atoms with van der Waals surface area (Å²) in [5.41, 5.74) is 1.41. The van der Waals surface area contributed by atoms with E-state index in [9.17, 15) is 8.42 Å². The molecule has 0 bridgehead atoms. The zero-order valence-electron chi connectivity index (χ0n) is 13.6. The summed E-state index contributed by atoms with van der Waals surface area (Å²) in [5, 5.41) is 15.6. The largest absolute Gasteiger partial charge is 0.392 e. The molecular formula is C17H23N3O3S. The number of aromatic amines is 1. The smallest absolute Gasteiger partial charge is 0.267 e. The molecule has 3 rings (SSSR count). The highest BCUT2D eigenvalue weighted by Gasteiger charge is 2.22. The maximum absolute atomic E-state index is 12.4. The van der Waals surface area contributed by atoms with Gasteiger partial charge in [0.2, 0.25) is 9.84 Å². The third-order valence-electron chi connectivity index (χ3n) is 4.62. The molecule has 0 unspecified atom stereocenters. The van der Waals surface area contributed by atoms with Crippen LogP contribution in [0.3, 0.4) is 0 Å². The topological polar surface area (TPSA) is 95.9 Å². The molecule has 0 aliphatic heterocycles. The van der Waals surface area contributed by atoms with E-state index in [1.54, 1.807) is 24.3 Å². The van der Waals surface area contributed by atoms with E-state index >= 15 is 0 Å². The molecule has 0 saturated heterocycles. The predicted molar refractivity (Wildman–Crippen MR) is 89.9 cm³/mol. The van der Waals surface area contributed by atoms with E-state index < -0.39 is 9.84 Å². The fraction of sp³-hybridized carbons (Fsp3) is 0.529. The number of sulfone groups is 1. The molecular weight excluding hydrogens is 326 g/mol. The monoisotopic (exact) mass is 349 g/mol. The lowest BCUT2D eigenvalue weighted by Gasteiger charge is -2.05. The second kappa shape index (κ2) is 7.44. The Morgan fingerprint density at radius 2 is 1.79 bits per heavy atom. The molecule has 1 saturated carbocycles. The van der Waals surface area contributed by atoms with Crippen molar-refractivity contribution in [3.05, 3.63) is 41.2 Å². The van der Waals surface area contributed by atoms with Crippen molar-refractivity contribution < 1.29 is 13.5 Å². The minimum Gasteiger partial charge on any atom is -0.392 e. The van der Waals surface area contributed by atoms with Crippen LogP contribution >= 0.6 is 0 Å². The molecule has 2 aromatic rings. The van der Waals surface area contributed by atoms with Gasteiger partial charge in [-0.3, -0.25) is 5.10 Å². The predicted octanol–water partition coefficient (Wildman–Crippen LogP) is 2.39. The van der Waals surface area contributed by atoms with Crippen molar-refractivity contribution in [2.45, 2.75) is 56.0 Å². The van der Waals surface area contributed by atoms with Crippen LogP contribution < -0.4 is 0 Å². The lowest BCUT2D eigenvalue weighted by molar-refractivity contribution is 0.282. The van der Waals surface area contributed by atoms with E-state index in [4.69, 9.17) is 5.11 Å². The molecule has 6 nitrogen and oxygen atoms in total. The molecule has 0 spiro atoms. The molecule has 1 aliphatic carbocycles. The maximum atomic E-state index is 12.4. The maximum Gasteiger partial charge on any atom is 0.267 e. The summed E-state index contributed by atoms with van der Waals surface area (Å²) in [6, 6.07) is 6.85. The lowest BCUT2D eigenvalue weighted by Crippen LogP contribution is -2.07. The van der Waals surface area contributed by atoms with Crippen molar-refractivity contribution in [3.63, 3.8) is 0 Å². The summed E-state index contributed by atoms with van der Waals surface area (Å²) in [6.45, 7) is -0.0572. The molecule has 1 fully saturated rings. The van der Waals surface area contributed by atoms with Gasteiger partial charge < -0.3 is 5.11 Å². The van der Waals surface area contributed by atoms with Gasteiger partial charge in [-0.25, -0.2) is 13.4 Å². The van der Waals surface area contributed by atoms with Crippen LogP contribution in [0.1, 0.15) is 49.1 Å². The summed E-state index contributed by atoms with van der Waals surface area (Å²) in [6.07, 6.45) is 6.92. The quantitative estimate of drug-likeness (QED) is 0.800. The third kappa shape index (κ3) is 4.21. The van der Waals surface area contributed by atoms with E-state index in [0.29, 0.717) is 11.4 Å². The van der Waals surface area contributed by atoms with Gasteiger partial charge in [-0.15, -0.1) is 5.10 Å². The fourth-order valence-corrected chi connectivity index (χ4v) is 4.39. The van der Waals surface area contributed by atoms with Gasteiger partial charge >= 0.3 is 0 Å². The summed E-state index contributed by atoms with van der Waals surface area (Å²) in [4.78, 5) is 4.18. The molecule has 1 aromatic carbocycles. The highest BCUT2D eigenvalue weighted by atomic mass is 32.2. The van der Waals surface area contributed by atoms with Crippen molar-refractivity contribution >= 4 is 9.84 Å². The van der Waals surface area contributed by atoms with Gasteiger partial charge in [0.05, 0.1) is 12.4 Å². The first-order valence-corrected chi connectivity index (χ1v) is 10.0. The molecule has 0 atom stereocenters. The summed E-state index contributed by atoms with van der Waals surface area (Å²) in [7, 11) is -3.57. The average molecular weight is 349 g/mol. The Bertz CT molecular complexity index is 763. The second-order valence-electron chi connectivity index (χ2n) is 6.49. The second-order valence-corrected chi connectivity index (χ2v) is 8.37. The Morgan fingerprint density at radius 3 is 2.46 bits per heavy atom. The Labute approximate surface area is 142 Å². The molecule has 130 valence electrons. The molecule has 24 heavy (non-hydrogen) atoms. The summed E-state index contributed by atoms with van der Waals surface area (Å²) < 4.78 is 24.9. The van der Waals surface area contributed by atoms with Crippen molar-refractivity contribution in [3.8, 4) is 0 Å². The number of rotatable bonds is 7. The van der Waals surface area contributed by atoms with Gasteiger partial charge in [0, 0.05) is 6.42 Å². The number of nitrogens with one attached hydrogen (secondary N) is 1. The zero-order chi connectivity index (χ0) is 17.0. The minimum atomic E-state index is -3.57. The van der Waals surface area contributed by atoms with Crippen LogP contribution in [0, 0.1) is 5.92 Å². The number of nitrogens with zero attached hydrogens (tertiary/aromatic N) is 2. The van der Waals surface area contributed by atoms with Gasteiger partial charge in [0.1, 0.15) is 5.82 Å². The highest BCUT2D eigenvalue weighted by molar-refractivity contribution is 7.90. The number of aromatic nitrogens is 3. The van der Waals surface area contributed by atoms with Crippen molar-refractivity contribution in [2.24, 2.45) is 5.92 Å². The minimum absolute atomic E-state index is 0.0572. The van der Waals surface area contributed by atoms with Crippen LogP contribution in [0.4, 0.5) is 0 Å². The van der Waals surface area contributed by atoms with E-state index in [2.05, 4.69) is 15.2 Å². The van der Waals surface area contributed by atoms with Gasteiger partial charge in [-0.05, 0) is 23.5 Å². The van der Waals surface area contributed by atoms with E-state index in [1.165, 1.54) is 25.7 Å². The van der Waals surface area contributed by atoms with Crippen LogP contribution in [-0.4, -0.2) is 28.7 Å². The standard InChI is InChI=1S/C17H23N3O3S/c21-11-14-5-7-15(8-6-14)12-24(22,23)17-18-16(19-20-17)10-9-13-3-1-2-4-13/h5-8,13,21H,1-4,9-12H2,(H,18,19,20). The normalized spacial score (nSPS) is 15.9. The zero-order valence-corrected chi connectivity index (χ0v) is 14.4. The molecule has 2 N–H and O–H groups in total. The fourth-order valence-electron chi connectivity index (χ4n) is 3.19. The third-order valence-corrected chi connectivity index (χ3v) is 6.07. The molecule has 1 aliphatic rings. The van der Waals surface area contributed by atoms with Gasteiger partial charge in [0.15, 0.2) is 0 Å². The first-order valence-electron chi connectivity index (χ1n) is 8.39. The van der Waals surface area contributed by atoms with Crippen LogP contribution in [0.25, 0.3) is 0 Å². The van der Waals surface area contributed by atoms with E-state index in [-0.39, 0.29) is 17.5 Å². The Hall–Kier alpha value is -1.73. The number of benzene rings is 1. The Morgan fingerprint density at radius 1 is 1.12 bits per heavy atom. The number of H-pyrrole nitrogens is 1. The van der Waals surface area contributed by atoms with Crippen molar-refractivity contribution in [2.75, 3.05) is 0 Å². The molecule has 0 radical (unpaired) electrons. The SMILES string of the molecule is O=S(=O)(Cc1ccc(CO)cc1)c1n[nH]c(CCC2CCCC2)n1. The van der Waals surface area contributed by atoms with E-state index in [0.717, 1.165) is 24.3 Å². The summed E-state index contributed by atoms with van der Waals surface area (Å²) >= 11 is 0. The van der Waals surface area contributed by atoms with Gasteiger partial charge in [-0.2, -0.15) is 0 Å². The van der Waals surface area contributed by atoms with Crippen LogP contribution in [0.15, 0.2) is 29.4 Å². The number of aliphatic hydroxyl groups is 1. The first kappa shape index (κ1) is 17.1. The lowest BCUT2D eigenvalue weighted by atomic mass is 10.0. The van der Waals surface area contributed by atoms with Gasteiger partial charge in [-0.1, -0.05) is 49.9 Å². The number of hydrogen-bond acceptors (Lipinski definition) is 5. The van der Waals surface area contributed by atoms with E-state index in [1.807, 2.05) is 0 Å². The average Bonchev–Trinajstić information content (AvgIpc) is 3.25. The Kier molecular flexibility index (Phi) is 5.30. The first-order chi connectivity index (χ1) is 11.6. The van der Waals surface area contributed by atoms with Crippen molar-refractivity contribution in [1.82, 2.24) is 15.2 Å². The highest BCUT2D eigenvalue weighted by Crippen LogP contribution is 2.28. The Balaban J connectivity index is 1.63. The van der Waals surface area contributed by atoms with Gasteiger partial charge in [0.25, 0.3) is 5.16 Å². The number of aliphatic hydroxyl groups excluding tert-OH is 1. The summed E-state index contributed by atoms with van der Waals surface area (Å²) in [5.74, 6) is 1.25. The van der Waals surface area contributed by atoms with Crippen LogP contribution in [0.2, 0.25) is 0 Å². The number of hydrogen-bond donors (Lipinski definition) is 2. The molecule has 1 heterocycles. The molecule has 0 amide bonds. The molecule has 7 heteroatoms. The van der Waals surface area contributed by atoms with Crippen LogP contribution in [0.5, 0.6) is 0 Å². The number of aryl methyl sites for hydroxylation is 1. The molecule has 1 aromatic heterocycles. The van der Waals surface area contributed by atoms with Crippen molar-refractivity contribution in [1.29, 1.82) is 0 Å².